The van der Waals surface area contributed by atoms with Gasteiger partial charge in [-0.05, 0) is 11.9 Å². The molecule has 23 heavy (non-hydrogen) atoms. The number of hydrogen-bond acceptors (Lipinski definition) is 7. The van der Waals surface area contributed by atoms with Crippen molar-refractivity contribution in [3.8, 4) is 0 Å². The van der Waals surface area contributed by atoms with E-state index in [1.165, 1.54) is 28.3 Å². The third kappa shape index (κ3) is 2.09. The SMILES string of the molecule is C=CCON1C(=O)N2C[C@H]1c1scnc1[C@H]2c1nncn1SC. The van der Waals surface area contributed by atoms with Gasteiger partial charge in [0.2, 0.25) is 0 Å². The van der Waals surface area contributed by atoms with Crippen LogP contribution in [-0.4, -0.2) is 54.6 Å². The van der Waals surface area contributed by atoms with Crippen molar-refractivity contribution in [3.05, 3.63) is 40.9 Å². The summed E-state index contributed by atoms with van der Waals surface area (Å²) in [4.78, 5) is 25.6. The third-order valence-electron chi connectivity index (χ3n) is 3.90. The van der Waals surface area contributed by atoms with E-state index < -0.39 is 0 Å². The van der Waals surface area contributed by atoms with E-state index >= 15 is 0 Å². The van der Waals surface area contributed by atoms with Crippen molar-refractivity contribution < 1.29 is 9.63 Å². The lowest BCUT2D eigenvalue weighted by Crippen LogP contribution is -2.36. The molecule has 4 rings (SSSR count). The van der Waals surface area contributed by atoms with Gasteiger partial charge in [-0.25, -0.2) is 9.78 Å². The fourth-order valence-electron chi connectivity index (χ4n) is 2.96. The van der Waals surface area contributed by atoms with Crippen molar-refractivity contribution in [3.63, 3.8) is 0 Å². The number of nitrogens with zero attached hydrogens (tertiary/aromatic N) is 6. The van der Waals surface area contributed by atoms with E-state index in [1.807, 2.05) is 10.2 Å². The molecule has 1 saturated heterocycles. The van der Waals surface area contributed by atoms with Gasteiger partial charge in [0.25, 0.3) is 0 Å². The first-order valence-corrected chi connectivity index (χ1v) is 9.03. The number of amides is 2. The zero-order valence-corrected chi connectivity index (χ0v) is 14.0. The van der Waals surface area contributed by atoms with Gasteiger partial charge >= 0.3 is 6.03 Å². The standard InChI is InChI=1S/C13H14N6O2S2/c1-3-4-21-19-8-5-17(13(19)20)10(9-11(8)23-7-14-9)12-16-15-6-18(12)22-2/h3,6-8,10H,1,4-5H2,2H3/t8-,10-/m0/s1. The molecule has 1 fully saturated rings. The molecule has 120 valence electrons. The highest BCUT2D eigenvalue weighted by molar-refractivity contribution is 7.97. The average molecular weight is 350 g/mol. The third-order valence-corrected chi connectivity index (χ3v) is 5.52. The first-order valence-electron chi connectivity index (χ1n) is 6.97. The number of thiazole rings is 1. The second-order valence-corrected chi connectivity index (χ2v) is 6.71. The number of fused-ring (bicyclic) bond motifs is 4. The number of aromatic nitrogens is 4. The molecule has 2 amide bonds. The fourth-order valence-corrected chi connectivity index (χ4v) is 4.31. The lowest BCUT2D eigenvalue weighted by molar-refractivity contribution is -0.118. The van der Waals surface area contributed by atoms with Gasteiger partial charge in [0, 0.05) is 6.26 Å². The summed E-state index contributed by atoms with van der Waals surface area (Å²) in [7, 11) is 0. The lowest BCUT2D eigenvalue weighted by atomic mass is 10.0. The van der Waals surface area contributed by atoms with Crippen LogP contribution in [0.3, 0.4) is 0 Å². The number of carbonyl (C=O) groups excluding carboxylic acids is 1. The highest BCUT2D eigenvalue weighted by Crippen LogP contribution is 2.47. The monoisotopic (exact) mass is 350 g/mol. The van der Waals surface area contributed by atoms with E-state index in [4.69, 9.17) is 4.84 Å². The summed E-state index contributed by atoms with van der Waals surface area (Å²) in [5, 5.41) is 9.62. The summed E-state index contributed by atoms with van der Waals surface area (Å²) in [6.45, 7) is 4.47. The molecular weight excluding hydrogens is 336 g/mol. The maximum absolute atomic E-state index is 12.8. The number of hydrogen-bond donors (Lipinski definition) is 0. The van der Waals surface area contributed by atoms with E-state index in [0.717, 1.165) is 10.6 Å². The Morgan fingerprint density at radius 3 is 3.26 bits per heavy atom. The van der Waals surface area contributed by atoms with Crippen LogP contribution in [0, 0.1) is 0 Å². The smallest absolute Gasteiger partial charge is 0.304 e. The molecule has 0 aliphatic carbocycles. The molecule has 4 heterocycles. The van der Waals surface area contributed by atoms with Gasteiger partial charge < -0.3 is 4.90 Å². The van der Waals surface area contributed by atoms with Crippen molar-refractivity contribution in [1.29, 1.82) is 0 Å². The molecule has 2 bridgehead atoms. The zero-order chi connectivity index (χ0) is 16.0. The fraction of sp³-hybridized carbons (Fsp3) is 0.385. The Hall–Kier alpha value is -1.91. The number of hydroxylamine groups is 2. The molecule has 0 saturated carbocycles. The van der Waals surface area contributed by atoms with E-state index in [0.29, 0.717) is 12.4 Å². The summed E-state index contributed by atoms with van der Waals surface area (Å²) in [6, 6.07) is -0.651. The largest absolute Gasteiger partial charge is 0.345 e. The van der Waals surface area contributed by atoms with Crippen LogP contribution in [-0.2, 0) is 4.84 Å². The van der Waals surface area contributed by atoms with E-state index in [-0.39, 0.29) is 24.7 Å². The maximum Gasteiger partial charge on any atom is 0.345 e. The first-order chi connectivity index (χ1) is 11.3. The minimum Gasteiger partial charge on any atom is -0.304 e. The quantitative estimate of drug-likeness (QED) is 0.766. The Morgan fingerprint density at radius 1 is 1.61 bits per heavy atom. The van der Waals surface area contributed by atoms with Gasteiger partial charge in [0.05, 0.1) is 29.2 Å². The molecule has 10 heteroatoms. The second kappa shape index (κ2) is 5.62. The number of carbonyl (C=O) groups is 1. The van der Waals surface area contributed by atoms with Gasteiger partial charge in [-0.2, -0.15) is 5.06 Å². The minimum absolute atomic E-state index is 0.133. The summed E-state index contributed by atoms with van der Waals surface area (Å²) < 4.78 is 1.86. The highest BCUT2D eigenvalue weighted by Gasteiger charge is 2.52. The van der Waals surface area contributed by atoms with Crippen LogP contribution in [0.15, 0.2) is 24.5 Å². The maximum atomic E-state index is 12.8. The summed E-state index contributed by atoms with van der Waals surface area (Å²) in [6.07, 6.45) is 5.21. The van der Waals surface area contributed by atoms with Crippen molar-refractivity contribution in [2.45, 2.75) is 12.1 Å². The number of rotatable bonds is 5. The minimum atomic E-state index is -0.340. The molecular formula is C13H14N6O2S2. The van der Waals surface area contributed by atoms with Crippen molar-refractivity contribution in [2.75, 3.05) is 19.4 Å². The topological polar surface area (TPSA) is 76.4 Å². The predicted octanol–water partition coefficient (Wildman–Crippen LogP) is 1.86. The predicted molar refractivity (Wildman–Crippen MR) is 85.7 cm³/mol. The van der Waals surface area contributed by atoms with Crippen LogP contribution < -0.4 is 0 Å². The van der Waals surface area contributed by atoms with Crippen molar-refractivity contribution in [1.82, 2.24) is 29.1 Å². The van der Waals surface area contributed by atoms with E-state index in [1.54, 1.807) is 22.8 Å². The molecule has 2 aromatic heterocycles. The van der Waals surface area contributed by atoms with Crippen LogP contribution in [0.1, 0.15) is 28.5 Å². The molecule has 2 aromatic rings. The second-order valence-electron chi connectivity index (χ2n) is 5.06. The molecule has 2 aliphatic heterocycles. The van der Waals surface area contributed by atoms with Crippen molar-refractivity contribution in [2.24, 2.45) is 0 Å². The summed E-state index contributed by atoms with van der Waals surface area (Å²) >= 11 is 3.02. The van der Waals surface area contributed by atoms with Crippen molar-refractivity contribution >= 4 is 29.3 Å². The molecule has 0 N–H and O–H groups in total. The van der Waals surface area contributed by atoms with E-state index in [2.05, 4.69) is 21.8 Å². The van der Waals surface area contributed by atoms with Crippen LogP contribution in [0.4, 0.5) is 4.79 Å². The Balaban J connectivity index is 1.79. The van der Waals surface area contributed by atoms with Gasteiger partial charge in [-0.1, -0.05) is 6.08 Å². The molecule has 2 aliphatic rings. The Bertz CT molecular complexity index is 759. The number of urea groups is 1. The first kappa shape index (κ1) is 14.7. The Morgan fingerprint density at radius 2 is 2.48 bits per heavy atom. The molecule has 0 spiro atoms. The van der Waals surface area contributed by atoms with Crippen LogP contribution in [0.5, 0.6) is 0 Å². The lowest BCUT2D eigenvalue weighted by Gasteiger charge is -2.28. The molecule has 0 aromatic carbocycles. The van der Waals surface area contributed by atoms with Gasteiger partial charge in [0.15, 0.2) is 5.82 Å². The summed E-state index contributed by atoms with van der Waals surface area (Å²) in [5.41, 5.74) is 2.66. The van der Waals surface area contributed by atoms with Crippen LogP contribution in [0.2, 0.25) is 0 Å². The molecule has 0 radical (unpaired) electrons. The zero-order valence-electron chi connectivity index (χ0n) is 12.3. The normalized spacial score (nSPS) is 22.6. The van der Waals surface area contributed by atoms with Crippen LogP contribution >= 0.6 is 23.3 Å². The molecule has 2 atom stereocenters. The summed E-state index contributed by atoms with van der Waals surface area (Å²) in [5.74, 6) is 0.696. The Kier molecular flexibility index (Phi) is 3.58. The van der Waals surface area contributed by atoms with E-state index in [9.17, 15) is 4.79 Å². The van der Waals surface area contributed by atoms with Gasteiger partial charge in [0.1, 0.15) is 18.4 Å². The highest BCUT2D eigenvalue weighted by atomic mass is 32.2. The van der Waals surface area contributed by atoms with Gasteiger partial charge in [-0.15, -0.1) is 28.1 Å². The molecule has 8 nitrogen and oxygen atoms in total. The van der Waals surface area contributed by atoms with Crippen LogP contribution in [0.25, 0.3) is 0 Å². The van der Waals surface area contributed by atoms with Gasteiger partial charge in [-0.3, -0.25) is 8.81 Å². The average Bonchev–Trinajstić information content (AvgIpc) is 3.27. The molecule has 0 unspecified atom stereocenters. The Labute approximate surface area is 140 Å².